The van der Waals surface area contributed by atoms with E-state index in [9.17, 15) is 31.2 Å². The summed E-state index contributed by atoms with van der Waals surface area (Å²) in [6.45, 7) is 1.48. The number of hydrogen-bond acceptors (Lipinski definition) is 6. The van der Waals surface area contributed by atoms with Gasteiger partial charge in [-0.3, -0.25) is 14.5 Å². The lowest BCUT2D eigenvalue weighted by Crippen LogP contribution is -2.46. The maximum Gasteiger partial charge on any atom is 0.446 e. The number of urea groups is 1. The Labute approximate surface area is 209 Å². The maximum atomic E-state index is 13.3. The molecule has 2 N–H and O–H groups in total. The Morgan fingerprint density at radius 3 is 2.36 bits per heavy atom. The molecule has 0 saturated carbocycles. The zero-order valence-electron chi connectivity index (χ0n) is 18.6. The van der Waals surface area contributed by atoms with Crippen LogP contribution in [0.4, 0.5) is 29.3 Å². The van der Waals surface area contributed by atoms with Gasteiger partial charge in [0, 0.05) is 17.5 Å². The minimum atomic E-state index is -4.47. The van der Waals surface area contributed by atoms with E-state index in [-0.39, 0.29) is 39.3 Å². The molecule has 1 aliphatic heterocycles. The molecule has 0 aliphatic carbocycles. The summed E-state index contributed by atoms with van der Waals surface area (Å²) in [7, 11) is -3.94. The molecule has 1 atom stereocenters. The quantitative estimate of drug-likeness (QED) is 0.339. The molecule has 1 unspecified atom stereocenters. The van der Waals surface area contributed by atoms with E-state index >= 15 is 0 Å². The van der Waals surface area contributed by atoms with Gasteiger partial charge in [0.15, 0.2) is 0 Å². The number of thioether (sulfide) groups is 1. The van der Waals surface area contributed by atoms with Crippen LogP contribution in [0.5, 0.6) is 0 Å². The number of halogens is 3. The average molecular weight is 537 g/mol. The van der Waals surface area contributed by atoms with Crippen molar-refractivity contribution in [3.8, 4) is 0 Å². The Hall–Kier alpha value is -3.58. The second kappa shape index (κ2) is 9.47. The van der Waals surface area contributed by atoms with Crippen molar-refractivity contribution in [3.63, 3.8) is 0 Å². The summed E-state index contributed by atoms with van der Waals surface area (Å²) in [5, 5.41) is 2.61. The molecule has 8 nitrogen and oxygen atoms in total. The molecular formula is C23H19F3N4O4S2. The van der Waals surface area contributed by atoms with E-state index in [0.717, 1.165) is 4.90 Å². The van der Waals surface area contributed by atoms with E-state index in [1.54, 1.807) is 18.2 Å². The average Bonchev–Trinajstić information content (AvgIpc) is 3.03. The first-order chi connectivity index (χ1) is 16.9. The van der Waals surface area contributed by atoms with Gasteiger partial charge in [0.1, 0.15) is 5.54 Å². The number of benzene rings is 2. The summed E-state index contributed by atoms with van der Waals surface area (Å²) in [5.74, 6) is -0.641. The number of carbonyl (C=O) groups is 2. The van der Waals surface area contributed by atoms with Crippen LogP contribution in [-0.4, -0.2) is 36.4 Å². The maximum absolute atomic E-state index is 13.3. The van der Waals surface area contributed by atoms with Crippen LogP contribution in [0, 0.1) is 0 Å². The third kappa shape index (κ3) is 5.46. The standard InChI is InChI=1S/C23H19F3N4O4S2/c1-22(13-15-11-12-27-14-19(15)29-36(33,34)18-5-3-2-4-6-18)20(31)30(21(32)28-22)16-7-9-17(10-8-16)35-23(24,25)26/h2-12,14,29H,13H2,1H3,(H,28,32). The van der Waals surface area contributed by atoms with Gasteiger partial charge in [0.2, 0.25) is 0 Å². The third-order valence-corrected chi connectivity index (χ3v) is 7.46. The number of nitrogens with zero attached hydrogens (tertiary/aromatic N) is 2. The molecule has 0 spiro atoms. The smallest absolute Gasteiger partial charge is 0.323 e. The number of anilines is 2. The number of carbonyl (C=O) groups excluding carboxylic acids is 2. The van der Waals surface area contributed by atoms with Gasteiger partial charge >= 0.3 is 11.5 Å². The molecule has 0 bridgehead atoms. The predicted molar refractivity (Wildman–Crippen MR) is 128 cm³/mol. The van der Waals surface area contributed by atoms with Crippen molar-refractivity contribution in [2.24, 2.45) is 0 Å². The molecule has 188 valence electrons. The molecule has 3 amide bonds. The van der Waals surface area contributed by atoms with Crippen LogP contribution in [0.3, 0.4) is 0 Å². The molecular weight excluding hydrogens is 517 g/mol. The molecule has 36 heavy (non-hydrogen) atoms. The number of pyridine rings is 1. The Bertz CT molecular complexity index is 1400. The number of amides is 3. The summed E-state index contributed by atoms with van der Waals surface area (Å²) in [5.41, 5.74) is -5.28. The summed E-state index contributed by atoms with van der Waals surface area (Å²) in [6.07, 6.45) is 2.65. The van der Waals surface area contributed by atoms with Crippen LogP contribution in [0.1, 0.15) is 12.5 Å². The van der Waals surface area contributed by atoms with E-state index < -0.39 is 33.0 Å². The zero-order valence-corrected chi connectivity index (χ0v) is 20.2. The van der Waals surface area contributed by atoms with Crippen LogP contribution in [0.2, 0.25) is 0 Å². The van der Waals surface area contributed by atoms with Crippen LogP contribution >= 0.6 is 11.8 Å². The lowest BCUT2D eigenvalue weighted by molar-refractivity contribution is -0.121. The highest BCUT2D eigenvalue weighted by Gasteiger charge is 2.48. The van der Waals surface area contributed by atoms with Gasteiger partial charge in [0.05, 0.1) is 22.5 Å². The molecule has 1 fully saturated rings. The first-order valence-electron chi connectivity index (χ1n) is 10.4. The Kier molecular flexibility index (Phi) is 6.71. The highest BCUT2D eigenvalue weighted by molar-refractivity contribution is 8.00. The summed E-state index contributed by atoms with van der Waals surface area (Å²) < 4.78 is 65.8. The van der Waals surface area contributed by atoms with Crippen LogP contribution in [0.15, 0.2) is 82.8 Å². The fourth-order valence-electron chi connectivity index (χ4n) is 3.69. The van der Waals surface area contributed by atoms with Crippen molar-refractivity contribution in [2.45, 2.75) is 34.2 Å². The molecule has 1 aliphatic rings. The molecule has 1 aromatic heterocycles. The van der Waals surface area contributed by atoms with Gasteiger partial charge in [-0.2, -0.15) is 13.2 Å². The normalized spacial score (nSPS) is 18.3. The minimum absolute atomic E-state index is 0.0366. The van der Waals surface area contributed by atoms with Crippen molar-refractivity contribution >= 4 is 45.1 Å². The SMILES string of the molecule is CC1(Cc2ccncc2NS(=O)(=O)c2ccccc2)NC(=O)N(c2ccc(SC(F)(F)F)cc2)C1=O. The number of nitrogens with one attached hydrogen (secondary N) is 2. The number of sulfonamides is 1. The third-order valence-electron chi connectivity index (χ3n) is 5.34. The largest absolute Gasteiger partial charge is 0.446 e. The topological polar surface area (TPSA) is 108 Å². The first-order valence-corrected chi connectivity index (χ1v) is 12.7. The second-order valence-corrected chi connectivity index (χ2v) is 10.9. The van der Waals surface area contributed by atoms with Crippen LogP contribution < -0.4 is 14.9 Å². The second-order valence-electron chi connectivity index (χ2n) is 8.07. The van der Waals surface area contributed by atoms with Crippen LogP contribution in [0.25, 0.3) is 0 Å². The summed E-state index contributed by atoms with van der Waals surface area (Å²) >= 11 is -0.306. The van der Waals surface area contributed by atoms with E-state index in [0.29, 0.717) is 5.56 Å². The van der Waals surface area contributed by atoms with Crippen molar-refractivity contribution in [1.29, 1.82) is 0 Å². The van der Waals surface area contributed by atoms with Gasteiger partial charge in [-0.15, -0.1) is 0 Å². The number of alkyl halides is 3. The number of hydrogen-bond donors (Lipinski definition) is 2. The highest BCUT2D eigenvalue weighted by atomic mass is 32.2. The molecule has 2 heterocycles. The first kappa shape index (κ1) is 25.5. The van der Waals surface area contributed by atoms with Gasteiger partial charge in [-0.25, -0.2) is 18.1 Å². The van der Waals surface area contributed by atoms with E-state index in [2.05, 4.69) is 15.0 Å². The number of imide groups is 1. The van der Waals surface area contributed by atoms with Gasteiger partial charge in [-0.05, 0) is 66.7 Å². The van der Waals surface area contributed by atoms with Crippen molar-refractivity contribution in [1.82, 2.24) is 10.3 Å². The summed E-state index contributed by atoms with van der Waals surface area (Å²) in [4.78, 5) is 30.7. The number of aromatic nitrogens is 1. The lowest BCUT2D eigenvalue weighted by atomic mass is 9.92. The monoisotopic (exact) mass is 536 g/mol. The summed E-state index contributed by atoms with van der Waals surface area (Å²) in [6, 6.07) is 13.3. The fourth-order valence-corrected chi connectivity index (χ4v) is 5.34. The fraction of sp³-hybridized carbons (Fsp3) is 0.174. The zero-order chi connectivity index (χ0) is 26.1. The van der Waals surface area contributed by atoms with Gasteiger partial charge < -0.3 is 5.32 Å². The van der Waals surface area contributed by atoms with Crippen molar-refractivity contribution in [2.75, 3.05) is 9.62 Å². The Morgan fingerprint density at radius 1 is 1.06 bits per heavy atom. The Balaban J connectivity index is 1.56. The van der Waals surface area contributed by atoms with Crippen molar-refractivity contribution in [3.05, 3.63) is 78.6 Å². The van der Waals surface area contributed by atoms with Gasteiger partial charge in [-0.1, -0.05) is 18.2 Å². The molecule has 1 saturated heterocycles. The number of rotatable bonds is 7. The van der Waals surface area contributed by atoms with E-state index in [1.807, 2.05) is 0 Å². The Morgan fingerprint density at radius 2 is 1.72 bits per heavy atom. The molecule has 13 heteroatoms. The van der Waals surface area contributed by atoms with Gasteiger partial charge in [0.25, 0.3) is 15.9 Å². The van der Waals surface area contributed by atoms with Crippen molar-refractivity contribution < 1.29 is 31.2 Å². The van der Waals surface area contributed by atoms with E-state index in [4.69, 9.17) is 0 Å². The molecule has 4 rings (SSSR count). The lowest BCUT2D eigenvalue weighted by Gasteiger charge is -2.23. The predicted octanol–water partition coefficient (Wildman–Crippen LogP) is 4.55. The van der Waals surface area contributed by atoms with Crippen LogP contribution in [-0.2, 0) is 21.2 Å². The molecule has 0 radical (unpaired) electrons. The highest BCUT2D eigenvalue weighted by Crippen LogP contribution is 2.38. The molecule has 2 aromatic carbocycles. The molecule has 3 aromatic rings. The van der Waals surface area contributed by atoms with E-state index in [1.165, 1.54) is 61.8 Å². The minimum Gasteiger partial charge on any atom is -0.323 e.